The first-order chi connectivity index (χ1) is 28.3. The summed E-state index contributed by atoms with van der Waals surface area (Å²) >= 11 is 0. The lowest BCUT2D eigenvalue weighted by Gasteiger charge is -2.19. The molecule has 0 bridgehead atoms. The summed E-state index contributed by atoms with van der Waals surface area (Å²) in [5, 5.41) is 14.8. The summed E-state index contributed by atoms with van der Waals surface area (Å²) in [5.74, 6) is 0. The van der Waals surface area contributed by atoms with Crippen LogP contribution in [0.15, 0.2) is 211 Å². The van der Waals surface area contributed by atoms with Crippen LogP contribution in [0.2, 0.25) is 0 Å². The maximum absolute atomic E-state index is 6.81. The number of rotatable bonds is 4. The van der Waals surface area contributed by atoms with Crippen LogP contribution in [-0.4, -0.2) is 0 Å². The molecule has 0 aliphatic heterocycles. The molecule has 1 heterocycles. The molecule has 57 heavy (non-hydrogen) atoms. The number of hydrogen-bond acceptors (Lipinski definition) is 1. The number of hydrogen-bond donors (Lipinski definition) is 0. The molecule has 12 aromatic rings. The Morgan fingerprint density at radius 1 is 0.211 bits per heavy atom. The van der Waals surface area contributed by atoms with Crippen LogP contribution >= 0.6 is 0 Å². The maximum atomic E-state index is 6.81. The van der Waals surface area contributed by atoms with E-state index in [9.17, 15) is 0 Å². The van der Waals surface area contributed by atoms with Gasteiger partial charge in [-0.05, 0) is 135 Å². The highest BCUT2D eigenvalue weighted by Crippen LogP contribution is 2.47. The SMILES string of the molecule is c1ccc(-c2cc(-c3ccccc3)cc(-c3c4ccccc4c(-c4ccc5c(c4)oc4ccc6c7ccccc7c7ccccc7c6c45)c4ccccc34)c2)cc1. The fraction of sp³-hybridized carbons (Fsp3) is 0. The third kappa shape index (κ3) is 4.89. The number of benzene rings is 11. The standard InChI is InChI=1S/C56H34O/c1-3-15-35(16-4-1)38-31-39(36-17-5-2-6-18-36)33-40(32-38)54-47-25-13-11-23-45(47)53(46-24-12-14-26-48(46)54)37-27-28-50-52(34-37)57-51-30-29-49-43-21-8-7-19-41(43)42-20-9-10-22-44(42)55(49)56(50)51/h1-34H. The molecule has 11 aromatic carbocycles. The summed E-state index contributed by atoms with van der Waals surface area (Å²) in [6, 6.07) is 75.2. The summed E-state index contributed by atoms with van der Waals surface area (Å²) in [5.41, 5.74) is 11.4. The van der Waals surface area contributed by atoms with E-state index in [4.69, 9.17) is 4.42 Å². The van der Waals surface area contributed by atoms with Gasteiger partial charge < -0.3 is 4.42 Å². The lowest BCUT2D eigenvalue weighted by molar-refractivity contribution is 0.669. The molecule has 0 spiro atoms. The molecule has 0 unspecified atom stereocenters. The second-order valence-electron chi connectivity index (χ2n) is 15.1. The van der Waals surface area contributed by atoms with E-state index in [1.54, 1.807) is 0 Å². The van der Waals surface area contributed by atoms with Gasteiger partial charge in [0.15, 0.2) is 0 Å². The molecule has 0 radical (unpaired) electrons. The average molecular weight is 723 g/mol. The minimum Gasteiger partial charge on any atom is -0.456 e. The van der Waals surface area contributed by atoms with Crippen LogP contribution in [0.25, 0.3) is 120 Å². The van der Waals surface area contributed by atoms with Gasteiger partial charge in [0.1, 0.15) is 11.2 Å². The molecule has 1 nitrogen and oxygen atoms in total. The molecule has 12 rings (SSSR count). The Morgan fingerprint density at radius 3 is 1.16 bits per heavy atom. The van der Waals surface area contributed by atoms with Gasteiger partial charge >= 0.3 is 0 Å². The van der Waals surface area contributed by atoms with Gasteiger partial charge in [0.05, 0.1) is 0 Å². The fourth-order valence-corrected chi connectivity index (χ4v) is 9.53. The van der Waals surface area contributed by atoms with Crippen molar-refractivity contribution in [3.05, 3.63) is 206 Å². The van der Waals surface area contributed by atoms with Crippen LogP contribution in [0.5, 0.6) is 0 Å². The molecule has 0 saturated carbocycles. The largest absolute Gasteiger partial charge is 0.456 e. The molecule has 0 fully saturated rings. The van der Waals surface area contributed by atoms with Gasteiger partial charge in [-0.1, -0.05) is 164 Å². The van der Waals surface area contributed by atoms with Crippen molar-refractivity contribution in [2.24, 2.45) is 0 Å². The van der Waals surface area contributed by atoms with Crippen molar-refractivity contribution < 1.29 is 4.42 Å². The van der Waals surface area contributed by atoms with Gasteiger partial charge in [0.2, 0.25) is 0 Å². The van der Waals surface area contributed by atoms with E-state index in [0.29, 0.717) is 0 Å². The molecule has 0 atom stereocenters. The topological polar surface area (TPSA) is 13.1 Å². The first kappa shape index (κ1) is 31.8. The monoisotopic (exact) mass is 722 g/mol. The van der Waals surface area contributed by atoms with Crippen molar-refractivity contribution in [1.82, 2.24) is 0 Å². The summed E-state index contributed by atoms with van der Waals surface area (Å²) in [6.07, 6.45) is 0. The minimum absolute atomic E-state index is 0.896. The Bertz CT molecular complexity index is 3410. The van der Waals surface area contributed by atoms with E-state index in [-0.39, 0.29) is 0 Å². The van der Waals surface area contributed by atoms with Crippen LogP contribution in [0.3, 0.4) is 0 Å². The van der Waals surface area contributed by atoms with Gasteiger partial charge in [0, 0.05) is 16.2 Å². The van der Waals surface area contributed by atoms with E-state index in [1.165, 1.54) is 98.2 Å². The molecule has 264 valence electrons. The van der Waals surface area contributed by atoms with Gasteiger partial charge in [-0.2, -0.15) is 0 Å². The predicted molar refractivity (Wildman–Crippen MR) is 243 cm³/mol. The Labute approximate surface area is 329 Å². The molecular formula is C56H34O. The second kappa shape index (κ2) is 12.5. The molecule has 1 aromatic heterocycles. The molecule has 0 N–H and O–H groups in total. The van der Waals surface area contributed by atoms with E-state index >= 15 is 0 Å². The summed E-state index contributed by atoms with van der Waals surface area (Å²) in [7, 11) is 0. The Hall–Kier alpha value is -7.48. The zero-order valence-electron chi connectivity index (χ0n) is 31.0. The van der Waals surface area contributed by atoms with E-state index in [1.807, 2.05) is 0 Å². The zero-order chi connectivity index (χ0) is 37.5. The third-order valence-corrected chi connectivity index (χ3v) is 12.0. The molecule has 0 saturated heterocycles. The van der Waals surface area contributed by atoms with Gasteiger partial charge in [0.25, 0.3) is 0 Å². The highest BCUT2D eigenvalue weighted by atomic mass is 16.3. The lowest BCUT2D eigenvalue weighted by atomic mass is 9.84. The van der Waals surface area contributed by atoms with Crippen LogP contribution in [0, 0.1) is 0 Å². The van der Waals surface area contributed by atoms with Crippen molar-refractivity contribution in [3.8, 4) is 44.5 Å². The summed E-state index contributed by atoms with van der Waals surface area (Å²) in [4.78, 5) is 0. The van der Waals surface area contributed by atoms with E-state index < -0.39 is 0 Å². The Morgan fingerprint density at radius 2 is 0.614 bits per heavy atom. The van der Waals surface area contributed by atoms with E-state index in [0.717, 1.165) is 22.1 Å². The van der Waals surface area contributed by atoms with Gasteiger partial charge in [-0.25, -0.2) is 0 Å². The Balaban J connectivity index is 1.12. The molecule has 0 aliphatic carbocycles. The van der Waals surface area contributed by atoms with Gasteiger partial charge in [-0.15, -0.1) is 0 Å². The van der Waals surface area contributed by atoms with Crippen molar-refractivity contribution in [2.45, 2.75) is 0 Å². The number of fused-ring (bicyclic) bond motifs is 12. The van der Waals surface area contributed by atoms with Crippen LogP contribution in [0.1, 0.15) is 0 Å². The first-order valence-corrected chi connectivity index (χ1v) is 19.7. The van der Waals surface area contributed by atoms with Crippen molar-refractivity contribution in [1.29, 1.82) is 0 Å². The van der Waals surface area contributed by atoms with E-state index in [2.05, 4.69) is 206 Å². The quantitative estimate of drug-likeness (QED) is 0.130. The highest BCUT2D eigenvalue weighted by Gasteiger charge is 2.21. The van der Waals surface area contributed by atoms with Crippen LogP contribution in [0.4, 0.5) is 0 Å². The lowest BCUT2D eigenvalue weighted by Crippen LogP contribution is -1.92. The minimum atomic E-state index is 0.896. The van der Waals surface area contributed by atoms with Crippen molar-refractivity contribution in [2.75, 3.05) is 0 Å². The number of furan rings is 1. The second-order valence-corrected chi connectivity index (χ2v) is 15.1. The van der Waals surface area contributed by atoms with Crippen LogP contribution < -0.4 is 0 Å². The smallest absolute Gasteiger partial charge is 0.136 e. The summed E-state index contributed by atoms with van der Waals surface area (Å²) < 4.78 is 6.81. The predicted octanol–water partition coefficient (Wildman–Crippen LogP) is 16.0. The normalized spacial score (nSPS) is 11.9. The summed E-state index contributed by atoms with van der Waals surface area (Å²) in [6.45, 7) is 0. The van der Waals surface area contributed by atoms with Crippen molar-refractivity contribution >= 4 is 75.8 Å². The maximum Gasteiger partial charge on any atom is 0.136 e. The molecule has 1 heteroatoms. The average Bonchev–Trinajstić information content (AvgIpc) is 3.66. The molecule has 0 amide bonds. The molecule has 0 aliphatic rings. The first-order valence-electron chi connectivity index (χ1n) is 19.7. The van der Waals surface area contributed by atoms with Gasteiger partial charge in [-0.3, -0.25) is 0 Å². The fourth-order valence-electron chi connectivity index (χ4n) is 9.53. The van der Waals surface area contributed by atoms with Crippen molar-refractivity contribution in [3.63, 3.8) is 0 Å². The molecular weight excluding hydrogens is 689 g/mol. The van der Waals surface area contributed by atoms with Crippen LogP contribution in [-0.2, 0) is 0 Å². The Kier molecular flexibility index (Phi) is 7.00. The zero-order valence-corrected chi connectivity index (χ0v) is 31.0. The third-order valence-electron chi connectivity index (χ3n) is 12.0. The highest BCUT2D eigenvalue weighted by molar-refractivity contribution is 6.34.